The molecule has 2 aliphatic heterocycles. The highest BCUT2D eigenvalue weighted by Gasteiger charge is 2.63. The van der Waals surface area contributed by atoms with Crippen LogP contribution in [0.15, 0.2) is 60.7 Å². The number of esters is 1. The summed E-state index contributed by atoms with van der Waals surface area (Å²) in [5, 5.41) is 0. The maximum absolute atomic E-state index is 14.1. The van der Waals surface area contributed by atoms with Crippen LogP contribution in [0.5, 0.6) is 0 Å². The Morgan fingerprint density at radius 3 is 2.29 bits per heavy atom. The normalized spacial score (nSPS) is 28.7. The van der Waals surface area contributed by atoms with Crippen LogP contribution in [0.1, 0.15) is 44.9 Å². The van der Waals surface area contributed by atoms with E-state index in [4.69, 9.17) is 14.2 Å². The highest BCUT2D eigenvalue weighted by atomic mass is 16.6. The highest BCUT2D eigenvalue weighted by molar-refractivity contribution is 5.96. The molecule has 7 nitrogen and oxygen atoms in total. The molecule has 2 aromatic carbocycles. The molecule has 180 valence electrons. The van der Waals surface area contributed by atoms with E-state index >= 15 is 0 Å². The second-order valence-corrected chi connectivity index (χ2v) is 9.18. The summed E-state index contributed by atoms with van der Waals surface area (Å²) in [5.41, 5.74) is -0.139. The lowest BCUT2D eigenvalue weighted by Gasteiger charge is -2.32. The first-order chi connectivity index (χ1) is 16.3. The number of ether oxygens (including phenoxy) is 3. The zero-order valence-electron chi connectivity index (χ0n) is 20.0. The quantitative estimate of drug-likeness (QED) is 0.586. The van der Waals surface area contributed by atoms with Gasteiger partial charge in [-0.2, -0.15) is 0 Å². The minimum absolute atomic E-state index is 0.0205. The number of nitrogens with zero attached hydrogens (tertiary/aromatic N) is 1. The van der Waals surface area contributed by atoms with Gasteiger partial charge in [-0.1, -0.05) is 81.4 Å². The van der Waals surface area contributed by atoms with Crippen LogP contribution in [0, 0.1) is 17.8 Å². The first-order valence-electron chi connectivity index (χ1n) is 11.8. The van der Waals surface area contributed by atoms with Gasteiger partial charge < -0.3 is 14.2 Å². The van der Waals surface area contributed by atoms with Crippen molar-refractivity contribution in [3.63, 3.8) is 0 Å². The number of carbonyl (C=O) groups excluding carboxylic acids is 3. The van der Waals surface area contributed by atoms with Crippen molar-refractivity contribution >= 4 is 18.0 Å². The lowest BCUT2D eigenvalue weighted by atomic mass is 9.75. The molecule has 2 aromatic rings. The number of amides is 2. The smallest absolute Gasteiger partial charge is 0.416 e. The number of imide groups is 1. The zero-order chi connectivity index (χ0) is 24.5. The largest absolute Gasteiger partial charge is 0.464 e. The molecule has 0 aromatic heterocycles. The molecule has 7 heteroatoms. The van der Waals surface area contributed by atoms with E-state index in [1.807, 2.05) is 81.4 Å². The Hall–Kier alpha value is -3.19. The summed E-state index contributed by atoms with van der Waals surface area (Å²) < 4.78 is 17.3. The van der Waals surface area contributed by atoms with Crippen molar-refractivity contribution < 1.29 is 28.6 Å². The topological polar surface area (TPSA) is 82.1 Å². The lowest BCUT2D eigenvalue weighted by molar-refractivity contribution is -0.176. The Morgan fingerprint density at radius 2 is 1.71 bits per heavy atom. The Morgan fingerprint density at radius 1 is 1.09 bits per heavy atom. The fraction of sp³-hybridized carbons (Fsp3) is 0.444. The summed E-state index contributed by atoms with van der Waals surface area (Å²) in [6.07, 6.45) is -1.41. The van der Waals surface area contributed by atoms with E-state index in [0.717, 1.165) is 5.56 Å². The molecule has 0 radical (unpaired) electrons. The fourth-order valence-corrected chi connectivity index (χ4v) is 5.11. The van der Waals surface area contributed by atoms with Crippen LogP contribution in [0.2, 0.25) is 0 Å². The maximum atomic E-state index is 14.1. The molecule has 2 fully saturated rings. The third kappa shape index (κ3) is 3.88. The van der Waals surface area contributed by atoms with Crippen LogP contribution < -0.4 is 0 Å². The van der Waals surface area contributed by atoms with Gasteiger partial charge in [0.15, 0.2) is 5.60 Å². The summed E-state index contributed by atoms with van der Waals surface area (Å²) in [5.74, 6) is -2.35. The number of carbonyl (C=O) groups is 3. The highest BCUT2D eigenvalue weighted by Crippen LogP contribution is 2.54. The summed E-state index contributed by atoms with van der Waals surface area (Å²) in [4.78, 5) is 41.5. The molecule has 34 heavy (non-hydrogen) atoms. The maximum Gasteiger partial charge on any atom is 0.416 e. The van der Waals surface area contributed by atoms with Crippen molar-refractivity contribution in [1.29, 1.82) is 0 Å². The van der Waals surface area contributed by atoms with E-state index in [9.17, 15) is 14.4 Å². The van der Waals surface area contributed by atoms with Crippen molar-refractivity contribution in [1.82, 2.24) is 4.90 Å². The predicted octanol–water partition coefficient (Wildman–Crippen LogP) is 4.47. The average Bonchev–Trinajstić information content (AvgIpc) is 3.38. The Labute approximate surface area is 200 Å². The summed E-state index contributed by atoms with van der Waals surface area (Å²) >= 11 is 0. The van der Waals surface area contributed by atoms with Crippen LogP contribution in [0.25, 0.3) is 0 Å². The van der Waals surface area contributed by atoms with Crippen molar-refractivity contribution in [3.8, 4) is 0 Å². The van der Waals surface area contributed by atoms with Gasteiger partial charge in [-0.3, -0.25) is 4.79 Å². The minimum atomic E-state index is -1.50. The average molecular weight is 466 g/mol. The third-order valence-corrected chi connectivity index (χ3v) is 6.93. The van der Waals surface area contributed by atoms with Gasteiger partial charge in [-0.05, 0) is 24.0 Å². The second-order valence-electron chi connectivity index (χ2n) is 9.18. The standard InChI is InChI=1S/C27H31NO6/c1-5-32-25(30)27(20-14-10-7-11-15-20)18(4)22(23(34-27)19-12-8-6-9-13-19)24(29)28-21(17(2)3)16-33-26(28)31/h6-15,17-18,21-23H,5,16H2,1-4H3/t18-,21+,22-,23-,27+/m0/s1. The van der Waals surface area contributed by atoms with Crippen molar-refractivity contribution in [3.05, 3.63) is 71.8 Å². The Kier molecular flexibility index (Phi) is 6.75. The zero-order valence-corrected chi connectivity index (χ0v) is 20.0. The molecule has 0 spiro atoms. The van der Waals surface area contributed by atoms with Crippen LogP contribution >= 0.6 is 0 Å². The molecule has 0 saturated carbocycles. The molecular formula is C27H31NO6. The molecule has 2 aliphatic rings. The van der Waals surface area contributed by atoms with Gasteiger partial charge in [0.05, 0.1) is 24.7 Å². The van der Waals surface area contributed by atoms with Gasteiger partial charge in [0.2, 0.25) is 5.91 Å². The number of rotatable bonds is 6. The molecule has 4 rings (SSSR count). The minimum Gasteiger partial charge on any atom is -0.464 e. The van der Waals surface area contributed by atoms with Crippen molar-refractivity contribution in [2.45, 2.75) is 45.4 Å². The van der Waals surface area contributed by atoms with Gasteiger partial charge in [-0.25, -0.2) is 14.5 Å². The van der Waals surface area contributed by atoms with Gasteiger partial charge in [-0.15, -0.1) is 0 Å². The number of benzene rings is 2. The van der Waals surface area contributed by atoms with Gasteiger partial charge in [0.25, 0.3) is 0 Å². The number of hydrogen-bond acceptors (Lipinski definition) is 6. The van der Waals surface area contributed by atoms with E-state index < -0.39 is 41.5 Å². The van der Waals surface area contributed by atoms with E-state index in [1.165, 1.54) is 4.90 Å². The van der Waals surface area contributed by atoms with Crippen LogP contribution in [0.3, 0.4) is 0 Å². The van der Waals surface area contributed by atoms with E-state index in [-0.39, 0.29) is 25.2 Å². The van der Waals surface area contributed by atoms with E-state index in [1.54, 1.807) is 6.92 Å². The summed E-state index contributed by atoms with van der Waals surface area (Å²) in [6, 6.07) is 18.1. The fourth-order valence-electron chi connectivity index (χ4n) is 5.11. The molecule has 0 bridgehead atoms. The molecule has 2 saturated heterocycles. The predicted molar refractivity (Wildman–Crippen MR) is 124 cm³/mol. The Balaban J connectivity index is 1.86. The van der Waals surface area contributed by atoms with Crippen LogP contribution in [-0.2, 0) is 29.4 Å². The van der Waals surface area contributed by atoms with Crippen LogP contribution in [-0.4, -0.2) is 42.1 Å². The summed E-state index contributed by atoms with van der Waals surface area (Å²) in [6.45, 7) is 7.78. The third-order valence-electron chi connectivity index (χ3n) is 6.93. The van der Waals surface area contributed by atoms with Gasteiger partial charge >= 0.3 is 12.1 Å². The van der Waals surface area contributed by atoms with E-state index in [0.29, 0.717) is 5.56 Å². The molecule has 0 unspecified atom stereocenters. The van der Waals surface area contributed by atoms with Crippen molar-refractivity contribution in [2.75, 3.05) is 13.2 Å². The Bertz CT molecular complexity index is 1040. The van der Waals surface area contributed by atoms with Gasteiger partial charge in [0, 0.05) is 5.92 Å². The van der Waals surface area contributed by atoms with Gasteiger partial charge in [0.1, 0.15) is 6.61 Å². The molecule has 5 atom stereocenters. The molecular weight excluding hydrogens is 434 g/mol. The molecule has 2 heterocycles. The molecule has 0 N–H and O–H groups in total. The van der Waals surface area contributed by atoms with Crippen LogP contribution in [0.4, 0.5) is 4.79 Å². The second kappa shape index (κ2) is 9.58. The molecule has 0 aliphatic carbocycles. The van der Waals surface area contributed by atoms with Crippen molar-refractivity contribution in [2.24, 2.45) is 17.8 Å². The first-order valence-corrected chi connectivity index (χ1v) is 11.8. The SMILES string of the molecule is CCOC(=O)[C@@]1(c2ccccc2)O[C@@H](c2ccccc2)[C@@H](C(=O)N2C(=O)OC[C@@H]2C(C)C)[C@@H]1C. The van der Waals surface area contributed by atoms with E-state index in [2.05, 4.69) is 0 Å². The lowest BCUT2D eigenvalue weighted by Crippen LogP contribution is -2.48. The monoisotopic (exact) mass is 465 g/mol. The number of hydrogen-bond donors (Lipinski definition) is 0. The first kappa shape index (κ1) is 24.0. The summed E-state index contributed by atoms with van der Waals surface area (Å²) in [7, 11) is 0. The number of cyclic esters (lactones) is 1. The molecule has 2 amide bonds.